The third-order valence-electron chi connectivity index (χ3n) is 5.94. The van der Waals surface area contributed by atoms with E-state index in [0.29, 0.717) is 48.5 Å². The molecule has 1 fully saturated rings. The van der Waals surface area contributed by atoms with Gasteiger partial charge in [0.05, 0.1) is 31.5 Å². The summed E-state index contributed by atoms with van der Waals surface area (Å²) in [6, 6.07) is 3.45. The fourth-order valence-corrected chi connectivity index (χ4v) is 5.50. The molecule has 0 N–H and O–H groups in total. The molecule has 196 valence electrons. The predicted octanol–water partition coefficient (Wildman–Crippen LogP) is 0.732. The van der Waals surface area contributed by atoms with Crippen molar-refractivity contribution in [3.63, 3.8) is 0 Å². The van der Waals surface area contributed by atoms with Crippen LogP contribution in [0, 0.1) is 0 Å². The van der Waals surface area contributed by atoms with Crippen LogP contribution in [0.5, 0.6) is 0 Å². The molecule has 0 aliphatic carbocycles. The Hall–Kier alpha value is -1.18. The van der Waals surface area contributed by atoms with Gasteiger partial charge >= 0.3 is 29.6 Å². The zero-order valence-corrected chi connectivity index (χ0v) is 26.3. The van der Waals surface area contributed by atoms with E-state index in [4.69, 9.17) is 35.4 Å². The number of halogens is 2. The van der Waals surface area contributed by atoms with Crippen LogP contribution in [0.3, 0.4) is 0 Å². The molecule has 0 radical (unpaired) electrons. The van der Waals surface area contributed by atoms with Crippen molar-refractivity contribution in [2.45, 2.75) is 33.6 Å². The second-order valence-electron chi connectivity index (χ2n) is 8.11. The van der Waals surface area contributed by atoms with Crippen LogP contribution in [0.4, 0.5) is 11.4 Å². The fourth-order valence-electron chi connectivity index (χ4n) is 4.21. The zero-order chi connectivity index (χ0) is 26.8. The minimum Gasteiger partial charge on any atom is -0.748 e. The molecule has 2 heterocycles. The molecule has 1 aromatic carbocycles. The van der Waals surface area contributed by atoms with Crippen LogP contribution >= 0.6 is 35.4 Å². The molecule has 2 aliphatic rings. The van der Waals surface area contributed by atoms with Gasteiger partial charge in [-0.15, -0.1) is 0 Å². The van der Waals surface area contributed by atoms with Crippen LogP contribution < -0.4 is 39.4 Å². The Morgan fingerprint density at radius 1 is 0.865 bits per heavy atom. The molecule has 2 aliphatic heterocycles. The Bertz CT molecular complexity index is 1230. The third kappa shape index (κ3) is 6.88. The molecule has 0 spiro atoms. The Morgan fingerprint density at radius 2 is 1.35 bits per heavy atom. The summed E-state index contributed by atoms with van der Waals surface area (Å²) in [6.07, 6.45) is 3.76. The van der Waals surface area contributed by atoms with Gasteiger partial charge in [0.25, 0.3) is 11.8 Å². The molecule has 1 aromatic rings. The van der Waals surface area contributed by atoms with E-state index >= 15 is 0 Å². The molecular formula is C23H27Cl2N4NaO5S2. The Kier molecular flexibility index (Phi) is 11.5. The van der Waals surface area contributed by atoms with Crippen LogP contribution in [0.2, 0.25) is 10.0 Å². The summed E-state index contributed by atoms with van der Waals surface area (Å²) in [7, 11) is -4.32. The number of hydrogen-bond donors (Lipinski definition) is 0. The molecule has 37 heavy (non-hydrogen) atoms. The average molecular weight is 598 g/mol. The number of carbonyl (C=O) groups excluding carboxylic acids is 2. The predicted molar refractivity (Wildman–Crippen MR) is 144 cm³/mol. The van der Waals surface area contributed by atoms with Crippen molar-refractivity contribution < 1.29 is 52.1 Å². The van der Waals surface area contributed by atoms with Crippen molar-refractivity contribution in [1.82, 2.24) is 9.80 Å². The summed E-state index contributed by atoms with van der Waals surface area (Å²) in [4.78, 5) is 32.7. The number of likely N-dealkylation sites (N-methyl/N-ethyl adjacent to an activating group) is 2. The van der Waals surface area contributed by atoms with Gasteiger partial charge in [0, 0.05) is 31.9 Å². The molecule has 9 nitrogen and oxygen atoms in total. The number of carbonyl (C=O) groups is 2. The minimum atomic E-state index is -4.32. The SMILES string of the molecule is CCN1C(=O)C(=CC=C2N(CC)c3cc(Cl)c(Cl)cc3N2CCCCS(=O)(=O)[O-])C(=O)N(CC)C1=S.[Na+]. The van der Waals surface area contributed by atoms with E-state index in [2.05, 4.69) is 0 Å². The second-order valence-corrected chi connectivity index (χ2v) is 10.8. The van der Waals surface area contributed by atoms with Gasteiger partial charge in [-0.3, -0.25) is 19.4 Å². The maximum absolute atomic E-state index is 13.0. The summed E-state index contributed by atoms with van der Waals surface area (Å²) >= 11 is 17.9. The van der Waals surface area contributed by atoms with E-state index in [1.807, 2.05) is 16.7 Å². The van der Waals surface area contributed by atoms with Crippen LogP contribution in [-0.4, -0.2) is 71.6 Å². The maximum Gasteiger partial charge on any atom is 1.00 e. The van der Waals surface area contributed by atoms with Gasteiger partial charge in [0.1, 0.15) is 11.4 Å². The molecule has 0 saturated carbocycles. The van der Waals surface area contributed by atoms with E-state index in [0.717, 1.165) is 11.4 Å². The van der Waals surface area contributed by atoms with Gasteiger partial charge in [0.2, 0.25) is 0 Å². The number of unbranched alkanes of at least 4 members (excludes halogenated alkanes) is 1. The van der Waals surface area contributed by atoms with Crippen LogP contribution in [0.1, 0.15) is 33.6 Å². The van der Waals surface area contributed by atoms with Crippen molar-refractivity contribution in [2.75, 3.05) is 41.7 Å². The van der Waals surface area contributed by atoms with Crippen LogP contribution in [-0.2, 0) is 19.7 Å². The van der Waals surface area contributed by atoms with Crippen LogP contribution in [0.25, 0.3) is 0 Å². The number of benzene rings is 1. The van der Waals surface area contributed by atoms with Crippen LogP contribution in [0.15, 0.2) is 35.7 Å². The number of thiocarbonyl (C=S) groups is 1. The van der Waals surface area contributed by atoms with Crippen molar-refractivity contribution >= 4 is 73.8 Å². The van der Waals surface area contributed by atoms with Crippen molar-refractivity contribution in [3.05, 3.63) is 45.7 Å². The van der Waals surface area contributed by atoms with Crippen molar-refractivity contribution in [2.24, 2.45) is 0 Å². The molecule has 0 atom stereocenters. The van der Waals surface area contributed by atoms with Gasteiger partial charge in [-0.25, -0.2) is 8.42 Å². The van der Waals surface area contributed by atoms with E-state index in [9.17, 15) is 22.6 Å². The van der Waals surface area contributed by atoms with E-state index in [1.54, 1.807) is 32.1 Å². The number of anilines is 2. The molecule has 14 heteroatoms. The van der Waals surface area contributed by atoms with Gasteiger partial charge in [-0.1, -0.05) is 23.2 Å². The number of rotatable bonds is 9. The molecule has 0 unspecified atom stereocenters. The summed E-state index contributed by atoms with van der Waals surface area (Å²) < 4.78 is 33.1. The van der Waals surface area contributed by atoms with Gasteiger partial charge < -0.3 is 14.4 Å². The normalized spacial score (nSPS) is 17.1. The molecule has 1 saturated heterocycles. The monoisotopic (exact) mass is 596 g/mol. The Morgan fingerprint density at radius 3 is 1.81 bits per heavy atom. The molecule has 2 amide bonds. The first kappa shape index (κ1) is 32.0. The quantitative estimate of drug-likeness (QED) is 0.103. The molecular weight excluding hydrogens is 570 g/mol. The summed E-state index contributed by atoms with van der Waals surface area (Å²) in [5, 5.41) is 0.901. The van der Waals surface area contributed by atoms with Gasteiger partial charge in [-0.2, -0.15) is 0 Å². The largest absolute Gasteiger partial charge is 1.00 e. The first-order valence-electron chi connectivity index (χ1n) is 11.5. The van der Waals surface area contributed by atoms with Crippen molar-refractivity contribution in [1.29, 1.82) is 0 Å². The number of hydrogen-bond acceptors (Lipinski definition) is 8. The zero-order valence-electron chi connectivity index (χ0n) is 21.2. The van der Waals surface area contributed by atoms with Crippen molar-refractivity contribution in [3.8, 4) is 0 Å². The maximum atomic E-state index is 13.0. The molecule has 3 rings (SSSR count). The number of allylic oxidation sites excluding steroid dienone is 2. The number of amides is 2. The van der Waals surface area contributed by atoms with E-state index in [1.165, 1.54) is 15.9 Å². The third-order valence-corrected chi connectivity index (χ3v) is 7.89. The summed E-state index contributed by atoms with van der Waals surface area (Å²) in [6.45, 7) is 7.08. The summed E-state index contributed by atoms with van der Waals surface area (Å²) in [5.41, 5.74) is 1.51. The van der Waals surface area contributed by atoms with Gasteiger partial charge in [0.15, 0.2) is 5.11 Å². The first-order chi connectivity index (χ1) is 16.9. The minimum absolute atomic E-state index is 0. The Balaban J connectivity index is 0.00000481. The first-order valence-corrected chi connectivity index (χ1v) is 14.3. The number of fused-ring (bicyclic) bond motifs is 1. The topological polar surface area (TPSA) is 104 Å². The standard InChI is InChI=1S/C23H28Cl2N4O5S2.Na/c1-4-26-18-13-16(24)17(25)14-19(18)29(11-7-8-12-36(32,33)34)20(26)10-9-15-21(30)27(5-2)23(35)28(6-3)22(15)31;/h9-10,13-14H,4-8,11-12H2,1-3H3,(H,32,33,34);/q;+1/p-1. The smallest absolute Gasteiger partial charge is 0.748 e. The van der Waals surface area contributed by atoms with E-state index < -0.39 is 27.7 Å². The molecule has 0 aromatic heterocycles. The van der Waals surface area contributed by atoms with E-state index in [-0.39, 0.29) is 46.7 Å². The Labute approximate surface area is 255 Å². The molecule has 0 bridgehead atoms. The number of nitrogens with zero attached hydrogens (tertiary/aromatic N) is 4. The fraction of sp³-hybridized carbons (Fsp3) is 0.435. The van der Waals surface area contributed by atoms with Gasteiger partial charge in [-0.05, 0) is 70.1 Å². The second kappa shape index (κ2) is 13.3. The average Bonchev–Trinajstić information content (AvgIpc) is 3.08. The summed E-state index contributed by atoms with van der Waals surface area (Å²) in [5.74, 6) is -0.738.